The third-order valence-corrected chi connectivity index (χ3v) is 6.38. The zero-order valence-electron chi connectivity index (χ0n) is 12.3. The molecule has 120 valence electrons. The lowest BCUT2D eigenvalue weighted by Crippen LogP contribution is -2.38. The number of hydrogen-bond acceptors (Lipinski definition) is 5. The van der Waals surface area contributed by atoms with Crippen LogP contribution in [0.25, 0.3) is 0 Å². The number of hydrogen-bond donors (Lipinski definition) is 0. The Morgan fingerprint density at radius 2 is 1.95 bits per heavy atom. The molecule has 0 spiro atoms. The number of carbonyl (C=O) groups is 2. The molecule has 2 rings (SSSR count). The minimum Gasteiger partial charge on any atom is -0.463 e. The van der Waals surface area contributed by atoms with Gasteiger partial charge in [0, 0.05) is 13.0 Å². The molecule has 0 aromatic carbocycles. The van der Waals surface area contributed by atoms with Crippen LogP contribution in [0, 0.1) is 0 Å². The Labute approximate surface area is 125 Å². The summed E-state index contributed by atoms with van der Waals surface area (Å²) in [5.41, 5.74) is 0. The van der Waals surface area contributed by atoms with E-state index in [0.717, 1.165) is 25.7 Å². The van der Waals surface area contributed by atoms with Gasteiger partial charge in [0.25, 0.3) is 0 Å². The number of nitrogens with zero attached hydrogens (tertiary/aromatic N) is 1. The lowest BCUT2D eigenvalue weighted by molar-refractivity contribution is -0.149. The molecule has 1 atom stereocenters. The quantitative estimate of drug-likeness (QED) is 0.720. The maximum atomic E-state index is 11.9. The largest absolute Gasteiger partial charge is 0.463 e. The van der Waals surface area contributed by atoms with E-state index in [4.69, 9.17) is 4.74 Å². The number of amides is 1. The third kappa shape index (κ3) is 4.69. The topological polar surface area (TPSA) is 80.8 Å². The van der Waals surface area contributed by atoms with Gasteiger partial charge in [-0.1, -0.05) is 12.8 Å². The van der Waals surface area contributed by atoms with Crippen LogP contribution in [-0.4, -0.2) is 55.9 Å². The van der Waals surface area contributed by atoms with E-state index in [2.05, 4.69) is 0 Å². The van der Waals surface area contributed by atoms with Crippen molar-refractivity contribution in [2.45, 2.75) is 50.2 Å². The first-order valence-corrected chi connectivity index (χ1v) is 9.35. The van der Waals surface area contributed by atoms with E-state index in [-0.39, 0.29) is 24.8 Å². The molecule has 0 aromatic rings. The van der Waals surface area contributed by atoms with E-state index >= 15 is 0 Å². The highest BCUT2D eigenvalue weighted by atomic mass is 32.2. The van der Waals surface area contributed by atoms with Gasteiger partial charge in [-0.05, 0) is 25.7 Å². The molecule has 0 bridgehead atoms. The van der Waals surface area contributed by atoms with Gasteiger partial charge in [0.2, 0.25) is 5.91 Å². The number of carbonyl (C=O) groups excluding carboxylic acids is 2. The Hall–Kier alpha value is -1.11. The first kappa shape index (κ1) is 16.3. The predicted molar refractivity (Wildman–Crippen MR) is 77.4 cm³/mol. The number of ether oxygens (including phenoxy) is 1. The second-order valence-electron chi connectivity index (χ2n) is 5.79. The van der Waals surface area contributed by atoms with Crippen LogP contribution < -0.4 is 0 Å². The van der Waals surface area contributed by atoms with Crippen molar-refractivity contribution in [3.63, 3.8) is 0 Å². The van der Waals surface area contributed by atoms with E-state index < -0.39 is 21.1 Å². The summed E-state index contributed by atoms with van der Waals surface area (Å²) in [7, 11) is -3.10. The van der Waals surface area contributed by atoms with Gasteiger partial charge in [0.05, 0.1) is 11.0 Å². The van der Waals surface area contributed by atoms with Crippen LogP contribution >= 0.6 is 0 Å². The van der Waals surface area contributed by atoms with E-state index in [1.165, 1.54) is 4.90 Å². The van der Waals surface area contributed by atoms with Crippen molar-refractivity contribution in [3.05, 3.63) is 0 Å². The van der Waals surface area contributed by atoms with E-state index in [9.17, 15) is 18.0 Å². The first-order valence-electron chi connectivity index (χ1n) is 7.64. The zero-order chi connectivity index (χ0) is 15.3. The number of rotatable bonds is 4. The molecular weight excluding hydrogens is 294 g/mol. The lowest BCUT2D eigenvalue weighted by Gasteiger charge is -2.24. The number of sulfone groups is 1. The summed E-state index contributed by atoms with van der Waals surface area (Å²) >= 11 is 0. The summed E-state index contributed by atoms with van der Waals surface area (Å²) in [6.07, 6.45) is 5.56. The number of esters is 1. The minimum absolute atomic E-state index is 0.0138. The van der Waals surface area contributed by atoms with Gasteiger partial charge in [-0.2, -0.15) is 0 Å². The molecule has 2 heterocycles. The van der Waals surface area contributed by atoms with Crippen LogP contribution in [0.3, 0.4) is 0 Å². The molecule has 1 unspecified atom stereocenters. The molecule has 0 aromatic heterocycles. The molecule has 21 heavy (non-hydrogen) atoms. The Morgan fingerprint density at radius 1 is 1.19 bits per heavy atom. The highest BCUT2D eigenvalue weighted by Gasteiger charge is 2.32. The van der Waals surface area contributed by atoms with Crippen molar-refractivity contribution in [1.29, 1.82) is 0 Å². The monoisotopic (exact) mass is 317 g/mol. The van der Waals surface area contributed by atoms with Gasteiger partial charge in [-0.25, -0.2) is 8.42 Å². The van der Waals surface area contributed by atoms with E-state index in [1.807, 2.05) is 0 Å². The van der Waals surface area contributed by atoms with Gasteiger partial charge < -0.3 is 9.64 Å². The fourth-order valence-corrected chi connectivity index (χ4v) is 4.52. The second-order valence-corrected chi connectivity index (χ2v) is 8.19. The smallest absolute Gasteiger partial charge is 0.325 e. The Morgan fingerprint density at radius 3 is 2.67 bits per heavy atom. The Bertz CT molecular complexity index is 488. The molecule has 2 fully saturated rings. The third-order valence-electron chi connectivity index (χ3n) is 4.13. The van der Waals surface area contributed by atoms with Gasteiger partial charge in [-0.3, -0.25) is 9.59 Å². The van der Waals surface area contributed by atoms with Crippen molar-refractivity contribution in [2.75, 3.05) is 25.4 Å². The molecule has 0 N–H and O–H groups in total. The highest BCUT2D eigenvalue weighted by molar-refractivity contribution is 7.92. The normalized spacial score (nSPS) is 26.2. The van der Waals surface area contributed by atoms with Crippen LogP contribution in [0.15, 0.2) is 0 Å². The fourth-order valence-electron chi connectivity index (χ4n) is 2.82. The molecule has 7 heteroatoms. The molecule has 2 saturated heterocycles. The minimum atomic E-state index is -3.10. The van der Waals surface area contributed by atoms with Crippen LogP contribution in [0.1, 0.15) is 44.9 Å². The molecule has 2 aliphatic heterocycles. The van der Waals surface area contributed by atoms with Crippen molar-refractivity contribution in [1.82, 2.24) is 4.90 Å². The predicted octanol–water partition coefficient (Wildman–Crippen LogP) is 0.899. The van der Waals surface area contributed by atoms with Gasteiger partial charge in [0.1, 0.15) is 13.2 Å². The van der Waals surface area contributed by atoms with Gasteiger partial charge in [0.15, 0.2) is 9.84 Å². The summed E-state index contributed by atoms with van der Waals surface area (Å²) in [6, 6.07) is 0. The zero-order valence-corrected chi connectivity index (χ0v) is 13.1. The fraction of sp³-hybridized carbons (Fsp3) is 0.857. The SMILES string of the molecule is O=C(CN1CCCCCCC1=O)OCC1CCCS1(=O)=O. The lowest BCUT2D eigenvalue weighted by atomic mass is 10.1. The molecule has 0 radical (unpaired) electrons. The Balaban J connectivity index is 1.79. The standard InChI is InChI=1S/C14H23NO5S/c16-13-7-3-1-2-4-8-15(13)10-14(17)20-11-12-6-5-9-21(12,18)19/h12H,1-11H2. The van der Waals surface area contributed by atoms with Crippen molar-refractivity contribution >= 4 is 21.7 Å². The van der Waals surface area contributed by atoms with E-state index in [0.29, 0.717) is 25.8 Å². The molecule has 0 aliphatic carbocycles. The van der Waals surface area contributed by atoms with Crippen molar-refractivity contribution in [2.24, 2.45) is 0 Å². The van der Waals surface area contributed by atoms with Crippen LogP contribution in [0.4, 0.5) is 0 Å². The maximum Gasteiger partial charge on any atom is 0.325 e. The summed E-state index contributed by atoms with van der Waals surface area (Å²) in [4.78, 5) is 25.2. The molecule has 6 nitrogen and oxygen atoms in total. The Kier molecular flexibility index (Phi) is 5.61. The average Bonchev–Trinajstić information content (AvgIpc) is 2.75. The summed E-state index contributed by atoms with van der Waals surface area (Å²) in [5, 5.41) is -0.565. The average molecular weight is 317 g/mol. The highest BCUT2D eigenvalue weighted by Crippen LogP contribution is 2.20. The summed E-state index contributed by atoms with van der Waals surface area (Å²) in [5.74, 6) is -0.342. The summed E-state index contributed by atoms with van der Waals surface area (Å²) in [6.45, 7) is 0.435. The van der Waals surface area contributed by atoms with Gasteiger partial charge in [-0.15, -0.1) is 0 Å². The number of likely N-dealkylation sites (tertiary alicyclic amines) is 1. The molecular formula is C14H23NO5S. The second kappa shape index (κ2) is 7.24. The van der Waals surface area contributed by atoms with E-state index in [1.54, 1.807) is 0 Å². The molecule has 1 amide bonds. The van der Waals surface area contributed by atoms with Crippen molar-refractivity contribution in [3.8, 4) is 0 Å². The van der Waals surface area contributed by atoms with Crippen LogP contribution in [-0.2, 0) is 24.2 Å². The van der Waals surface area contributed by atoms with Crippen LogP contribution in [0.5, 0.6) is 0 Å². The van der Waals surface area contributed by atoms with Crippen LogP contribution in [0.2, 0.25) is 0 Å². The first-order chi connectivity index (χ1) is 9.99. The summed E-state index contributed by atoms with van der Waals surface area (Å²) < 4.78 is 28.4. The molecule has 0 saturated carbocycles. The van der Waals surface area contributed by atoms with Crippen molar-refractivity contribution < 1.29 is 22.7 Å². The molecule has 2 aliphatic rings. The van der Waals surface area contributed by atoms with Gasteiger partial charge >= 0.3 is 5.97 Å². The maximum absolute atomic E-state index is 11.9.